The normalized spacial score (nSPS) is 27.3. The standard InChI is InChI=1S/C9H16N4O/c14-8-7(3-1-4-10-8)13-9-11-5-2-6-12-9/h7H,1-6H2,(H,10,14)(H2,11,12,13). The predicted molar refractivity (Wildman–Crippen MR) is 54.1 cm³/mol. The molecule has 78 valence electrons. The van der Waals surface area contributed by atoms with E-state index >= 15 is 0 Å². The number of nitrogens with zero attached hydrogens (tertiary/aromatic N) is 1. The molecule has 0 radical (unpaired) electrons. The first kappa shape index (κ1) is 9.30. The second-order valence-corrected chi connectivity index (χ2v) is 3.64. The van der Waals surface area contributed by atoms with E-state index in [-0.39, 0.29) is 11.9 Å². The summed E-state index contributed by atoms with van der Waals surface area (Å²) in [5.74, 6) is 0.865. The van der Waals surface area contributed by atoms with E-state index in [1.54, 1.807) is 0 Å². The molecule has 0 aromatic rings. The number of aliphatic imine (C=N–C) groups is 1. The van der Waals surface area contributed by atoms with E-state index < -0.39 is 0 Å². The van der Waals surface area contributed by atoms with Gasteiger partial charge in [-0.25, -0.2) is 0 Å². The van der Waals surface area contributed by atoms with Gasteiger partial charge in [0, 0.05) is 19.6 Å². The van der Waals surface area contributed by atoms with Crippen molar-refractivity contribution in [2.45, 2.75) is 25.3 Å². The third kappa shape index (κ3) is 2.16. The van der Waals surface area contributed by atoms with Crippen LogP contribution >= 0.6 is 0 Å². The molecule has 0 aromatic carbocycles. The van der Waals surface area contributed by atoms with E-state index in [0.29, 0.717) is 0 Å². The van der Waals surface area contributed by atoms with E-state index in [4.69, 9.17) is 0 Å². The van der Waals surface area contributed by atoms with Crippen molar-refractivity contribution in [1.29, 1.82) is 0 Å². The van der Waals surface area contributed by atoms with Gasteiger partial charge in [0.1, 0.15) is 6.04 Å². The maximum atomic E-state index is 11.4. The van der Waals surface area contributed by atoms with Crippen molar-refractivity contribution < 1.29 is 4.79 Å². The number of piperidine rings is 1. The molecule has 0 spiro atoms. The van der Waals surface area contributed by atoms with Crippen LogP contribution in [0.15, 0.2) is 4.99 Å². The van der Waals surface area contributed by atoms with Crippen LogP contribution in [0.4, 0.5) is 0 Å². The largest absolute Gasteiger partial charge is 0.356 e. The SMILES string of the molecule is O=C1NCCCC1NC1=NCCCN1. The van der Waals surface area contributed by atoms with Gasteiger partial charge in [-0.15, -0.1) is 0 Å². The molecule has 5 heteroatoms. The van der Waals surface area contributed by atoms with Gasteiger partial charge in [0.05, 0.1) is 0 Å². The highest BCUT2D eigenvalue weighted by Gasteiger charge is 2.22. The van der Waals surface area contributed by atoms with Crippen molar-refractivity contribution in [2.75, 3.05) is 19.6 Å². The number of amides is 1. The summed E-state index contributed by atoms with van der Waals surface area (Å²) in [6.07, 6.45) is 3.01. The average Bonchev–Trinajstić information content (AvgIpc) is 2.23. The first-order chi connectivity index (χ1) is 6.86. The maximum absolute atomic E-state index is 11.4. The Balaban J connectivity index is 1.88. The molecular formula is C9H16N4O. The van der Waals surface area contributed by atoms with Crippen molar-refractivity contribution in [3.05, 3.63) is 0 Å². The topological polar surface area (TPSA) is 65.5 Å². The zero-order chi connectivity index (χ0) is 9.80. The lowest BCUT2D eigenvalue weighted by Gasteiger charge is -2.25. The Labute approximate surface area is 83.4 Å². The van der Waals surface area contributed by atoms with Gasteiger partial charge in [0.2, 0.25) is 5.91 Å². The number of guanidine groups is 1. The highest BCUT2D eigenvalue weighted by Crippen LogP contribution is 2.02. The Bertz CT molecular complexity index is 251. The molecule has 5 nitrogen and oxygen atoms in total. The zero-order valence-electron chi connectivity index (χ0n) is 8.18. The number of rotatable bonds is 1. The Morgan fingerprint density at radius 2 is 2.14 bits per heavy atom. The van der Waals surface area contributed by atoms with Crippen LogP contribution in [0.3, 0.4) is 0 Å². The van der Waals surface area contributed by atoms with Crippen molar-refractivity contribution in [3.8, 4) is 0 Å². The van der Waals surface area contributed by atoms with Crippen LogP contribution in [0.2, 0.25) is 0 Å². The summed E-state index contributed by atoms with van der Waals surface area (Å²) >= 11 is 0. The molecule has 0 saturated carbocycles. The van der Waals surface area contributed by atoms with E-state index in [1.807, 2.05) is 0 Å². The summed E-state index contributed by atoms with van der Waals surface area (Å²) in [5, 5.41) is 9.12. The van der Waals surface area contributed by atoms with Crippen LogP contribution in [0.25, 0.3) is 0 Å². The third-order valence-electron chi connectivity index (χ3n) is 2.49. The van der Waals surface area contributed by atoms with Gasteiger partial charge in [0.25, 0.3) is 0 Å². The van der Waals surface area contributed by atoms with Crippen LogP contribution in [-0.2, 0) is 4.79 Å². The summed E-state index contributed by atoms with van der Waals surface area (Å²) < 4.78 is 0. The Morgan fingerprint density at radius 1 is 1.29 bits per heavy atom. The molecule has 1 atom stereocenters. The van der Waals surface area contributed by atoms with Gasteiger partial charge < -0.3 is 16.0 Å². The van der Waals surface area contributed by atoms with Gasteiger partial charge in [-0.1, -0.05) is 0 Å². The first-order valence-corrected chi connectivity index (χ1v) is 5.19. The molecular weight excluding hydrogens is 180 g/mol. The minimum atomic E-state index is -0.104. The summed E-state index contributed by atoms with van der Waals surface area (Å²) in [6, 6.07) is -0.104. The molecule has 14 heavy (non-hydrogen) atoms. The van der Waals surface area contributed by atoms with Crippen LogP contribution in [0.1, 0.15) is 19.3 Å². The average molecular weight is 196 g/mol. The zero-order valence-corrected chi connectivity index (χ0v) is 8.18. The number of carbonyl (C=O) groups is 1. The van der Waals surface area contributed by atoms with Gasteiger partial charge in [0.15, 0.2) is 5.96 Å². The minimum absolute atomic E-state index is 0.0892. The molecule has 0 bridgehead atoms. The van der Waals surface area contributed by atoms with Crippen LogP contribution in [0.5, 0.6) is 0 Å². The molecule has 1 amide bonds. The molecule has 0 aromatic heterocycles. The molecule has 2 aliphatic heterocycles. The number of carbonyl (C=O) groups excluding carboxylic acids is 1. The molecule has 1 fully saturated rings. The molecule has 2 rings (SSSR count). The molecule has 2 heterocycles. The van der Waals surface area contributed by atoms with E-state index in [9.17, 15) is 4.79 Å². The summed E-state index contributed by atoms with van der Waals surface area (Å²) in [5.41, 5.74) is 0. The van der Waals surface area contributed by atoms with Crippen molar-refractivity contribution in [2.24, 2.45) is 4.99 Å². The van der Waals surface area contributed by atoms with Gasteiger partial charge in [-0.2, -0.15) is 0 Å². The maximum Gasteiger partial charge on any atom is 0.242 e. The third-order valence-corrected chi connectivity index (χ3v) is 2.49. The van der Waals surface area contributed by atoms with Crippen molar-refractivity contribution >= 4 is 11.9 Å². The molecule has 1 unspecified atom stereocenters. The Hall–Kier alpha value is -1.26. The highest BCUT2D eigenvalue weighted by atomic mass is 16.2. The first-order valence-electron chi connectivity index (χ1n) is 5.19. The minimum Gasteiger partial charge on any atom is -0.356 e. The van der Waals surface area contributed by atoms with Crippen LogP contribution < -0.4 is 16.0 Å². The van der Waals surface area contributed by atoms with Gasteiger partial charge in [-0.05, 0) is 19.3 Å². The Morgan fingerprint density at radius 3 is 2.86 bits per heavy atom. The lowest BCUT2D eigenvalue weighted by Crippen LogP contribution is -2.54. The number of hydrogen-bond donors (Lipinski definition) is 3. The molecule has 1 saturated heterocycles. The van der Waals surface area contributed by atoms with Crippen molar-refractivity contribution in [1.82, 2.24) is 16.0 Å². The number of hydrogen-bond acceptors (Lipinski definition) is 4. The lowest BCUT2D eigenvalue weighted by atomic mass is 10.1. The fraction of sp³-hybridized carbons (Fsp3) is 0.778. The van der Waals surface area contributed by atoms with E-state index in [1.165, 1.54) is 0 Å². The van der Waals surface area contributed by atoms with Crippen LogP contribution in [0, 0.1) is 0 Å². The Kier molecular flexibility index (Phi) is 2.86. The predicted octanol–water partition coefficient (Wildman–Crippen LogP) is -0.796. The smallest absolute Gasteiger partial charge is 0.242 e. The fourth-order valence-electron chi connectivity index (χ4n) is 1.70. The quantitative estimate of drug-likeness (QED) is 0.514. The second-order valence-electron chi connectivity index (χ2n) is 3.64. The van der Waals surface area contributed by atoms with Crippen LogP contribution in [-0.4, -0.2) is 37.5 Å². The molecule has 0 aliphatic carbocycles. The van der Waals surface area contributed by atoms with Gasteiger partial charge in [-0.3, -0.25) is 9.79 Å². The lowest BCUT2D eigenvalue weighted by molar-refractivity contribution is -0.124. The monoisotopic (exact) mass is 196 g/mol. The van der Waals surface area contributed by atoms with Crippen molar-refractivity contribution in [3.63, 3.8) is 0 Å². The molecule has 3 N–H and O–H groups in total. The summed E-state index contributed by atoms with van der Waals surface area (Å²) in [4.78, 5) is 15.7. The van der Waals surface area contributed by atoms with E-state index in [0.717, 1.165) is 44.9 Å². The molecule has 2 aliphatic rings. The summed E-state index contributed by atoms with van der Waals surface area (Å²) in [7, 11) is 0. The van der Waals surface area contributed by atoms with E-state index in [2.05, 4.69) is 20.9 Å². The highest BCUT2D eigenvalue weighted by molar-refractivity contribution is 5.89. The fourth-order valence-corrected chi connectivity index (χ4v) is 1.70. The summed E-state index contributed by atoms with van der Waals surface area (Å²) in [6.45, 7) is 2.60. The second kappa shape index (κ2) is 4.30. The van der Waals surface area contributed by atoms with Gasteiger partial charge >= 0.3 is 0 Å². The number of nitrogens with one attached hydrogen (secondary N) is 3.